The van der Waals surface area contributed by atoms with Gasteiger partial charge in [0.2, 0.25) is 22.7 Å². The summed E-state index contributed by atoms with van der Waals surface area (Å²) >= 11 is 4.88. The fourth-order valence-corrected chi connectivity index (χ4v) is 6.17. The molecule has 0 N–H and O–H groups in total. The zero-order valence-corrected chi connectivity index (χ0v) is 23.0. The maximum atomic E-state index is 13.6. The second-order valence-corrected chi connectivity index (χ2v) is 12.0. The Bertz CT molecular complexity index is 1270. The number of methoxy groups -OCH3 is 1. The molecule has 2 aromatic carbocycles. The SMILES string of the molecule is COCCCN(CC(=O)N(Cc1ccc2c(c1)OCO2)Cc1cccs1)S(=O)(=O)c1ccc(Br)cc1. The first kappa shape index (κ1) is 26.6. The highest BCUT2D eigenvalue weighted by Gasteiger charge is 2.29. The summed E-state index contributed by atoms with van der Waals surface area (Å²) in [4.78, 5) is 16.4. The van der Waals surface area contributed by atoms with E-state index < -0.39 is 10.0 Å². The molecule has 0 unspecified atom stereocenters. The molecule has 0 saturated heterocycles. The van der Waals surface area contributed by atoms with Gasteiger partial charge in [-0.05, 0) is 59.8 Å². The van der Waals surface area contributed by atoms with Crippen molar-refractivity contribution < 1.29 is 27.4 Å². The zero-order chi connectivity index (χ0) is 25.5. The lowest BCUT2D eigenvalue weighted by molar-refractivity contribution is -0.132. The molecule has 0 spiro atoms. The minimum absolute atomic E-state index is 0.136. The number of hydrogen-bond acceptors (Lipinski definition) is 7. The van der Waals surface area contributed by atoms with Crippen LogP contribution in [0.1, 0.15) is 16.9 Å². The Morgan fingerprint density at radius 1 is 1.08 bits per heavy atom. The first-order chi connectivity index (χ1) is 17.4. The van der Waals surface area contributed by atoms with Gasteiger partial charge in [0, 0.05) is 36.2 Å². The molecule has 11 heteroatoms. The van der Waals surface area contributed by atoms with E-state index in [4.69, 9.17) is 14.2 Å². The van der Waals surface area contributed by atoms with Gasteiger partial charge in [0.25, 0.3) is 0 Å². The number of amides is 1. The normalized spacial score (nSPS) is 12.8. The number of benzene rings is 2. The standard InChI is InChI=1S/C25H27BrN2O6S2/c1-32-12-3-11-28(36(30,31)22-8-6-20(26)7-9-22)17-25(29)27(16-21-4-2-13-35-21)15-19-5-10-23-24(14-19)34-18-33-23/h2,4-10,13-14H,3,11-12,15-18H2,1H3. The summed E-state index contributed by atoms with van der Waals surface area (Å²) in [6.45, 7) is 1.11. The number of nitrogens with zero attached hydrogens (tertiary/aromatic N) is 2. The molecule has 0 saturated carbocycles. The summed E-state index contributed by atoms with van der Waals surface area (Å²) in [6.07, 6.45) is 0.465. The summed E-state index contributed by atoms with van der Waals surface area (Å²) in [5.74, 6) is 1.01. The van der Waals surface area contributed by atoms with Crippen molar-refractivity contribution in [1.82, 2.24) is 9.21 Å². The summed E-state index contributed by atoms with van der Waals surface area (Å²) in [7, 11) is -2.33. The van der Waals surface area contributed by atoms with Crippen LogP contribution < -0.4 is 9.47 Å². The van der Waals surface area contributed by atoms with E-state index in [1.165, 1.54) is 16.4 Å². The first-order valence-corrected chi connectivity index (χ1v) is 14.4. The minimum Gasteiger partial charge on any atom is -0.454 e. The average molecular weight is 596 g/mol. The maximum Gasteiger partial charge on any atom is 0.243 e. The third-order valence-corrected chi connectivity index (χ3v) is 8.86. The quantitative estimate of drug-likeness (QED) is 0.287. The molecule has 1 aromatic heterocycles. The third kappa shape index (κ3) is 6.65. The van der Waals surface area contributed by atoms with Crippen molar-refractivity contribution in [2.24, 2.45) is 0 Å². The number of carbonyl (C=O) groups is 1. The Balaban J connectivity index is 1.57. The van der Waals surface area contributed by atoms with Crippen molar-refractivity contribution in [2.45, 2.75) is 24.4 Å². The zero-order valence-electron chi connectivity index (χ0n) is 19.8. The van der Waals surface area contributed by atoms with Gasteiger partial charge < -0.3 is 19.1 Å². The molecule has 2 heterocycles. The monoisotopic (exact) mass is 594 g/mol. The Morgan fingerprint density at radius 3 is 2.58 bits per heavy atom. The number of hydrogen-bond donors (Lipinski definition) is 0. The minimum atomic E-state index is -3.89. The molecule has 36 heavy (non-hydrogen) atoms. The Labute approximate surface area is 223 Å². The van der Waals surface area contributed by atoms with Crippen LogP contribution in [0.15, 0.2) is 69.3 Å². The van der Waals surface area contributed by atoms with Gasteiger partial charge >= 0.3 is 0 Å². The maximum absolute atomic E-state index is 13.6. The Morgan fingerprint density at radius 2 is 1.86 bits per heavy atom. The van der Waals surface area contributed by atoms with Crippen LogP contribution in [0.5, 0.6) is 11.5 Å². The number of sulfonamides is 1. The van der Waals surface area contributed by atoms with Gasteiger partial charge in [-0.25, -0.2) is 8.42 Å². The van der Waals surface area contributed by atoms with Crippen LogP contribution in [0.3, 0.4) is 0 Å². The smallest absolute Gasteiger partial charge is 0.243 e. The molecule has 0 fully saturated rings. The predicted molar refractivity (Wildman–Crippen MR) is 141 cm³/mol. The Kier molecular flexibility index (Phi) is 9.02. The fourth-order valence-electron chi connectivity index (χ4n) is 3.76. The summed E-state index contributed by atoms with van der Waals surface area (Å²) in [5, 5.41) is 1.95. The van der Waals surface area contributed by atoms with Gasteiger partial charge in [-0.3, -0.25) is 4.79 Å². The largest absolute Gasteiger partial charge is 0.454 e. The van der Waals surface area contributed by atoms with E-state index in [0.717, 1.165) is 14.9 Å². The molecular formula is C25H27BrN2O6S2. The molecule has 0 radical (unpaired) electrons. The molecule has 1 aliphatic rings. The highest BCUT2D eigenvalue weighted by molar-refractivity contribution is 9.10. The van der Waals surface area contributed by atoms with E-state index in [2.05, 4.69) is 15.9 Å². The van der Waals surface area contributed by atoms with Crippen LogP contribution in [-0.4, -0.2) is 57.1 Å². The number of carbonyl (C=O) groups excluding carboxylic acids is 1. The lowest BCUT2D eigenvalue weighted by Gasteiger charge is -2.27. The van der Waals surface area contributed by atoms with Crippen LogP contribution in [0.4, 0.5) is 0 Å². The predicted octanol–water partition coefficient (Wildman–Crippen LogP) is 4.50. The topological polar surface area (TPSA) is 85.4 Å². The summed E-state index contributed by atoms with van der Waals surface area (Å²) in [6, 6.07) is 15.9. The molecule has 1 aliphatic heterocycles. The van der Waals surface area contributed by atoms with Crippen LogP contribution in [0.2, 0.25) is 0 Å². The molecule has 192 valence electrons. The number of thiophene rings is 1. The lowest BCUT2D eigenvalue weighted by Crippen LogP contribution is -2.43. The van der Waals surface area contributed by atoms with Crippen LogP contribution >= 0.6 is 27.3 Å². The molecule has 0 aliphatic carbocycles. The fraction of sp³-hybridized carbons (Fsp3) is 0.320. The third-order valence-electron chi connectivity index (χ3n) is 5.61. The first-order valence-electron chi connectivity index (χ1n) is 11.3. The van der Waals surface area contributed by atoms with E-state index in [1.807, 2.05) is 35.7 Å². The van der Waals surface area contributed by atoms with Gasteiger partial charge in [-0.1, -0.05) is 28.1 Å². The van der Waals surface area contributed by atoms with Crippen molar-refractivity contribution in [3.8, 4) is 11.5 Å². The van der Waals surface area contributed by atoms with Crippen LogP contribution in [0.25, 0.3) is 0 Å². The van der Waals surface area contributed by atoms with Crippen molar-refractivity contribution in [1.29, 1.82) is 0 Å². The summed E-state index contributed by atoms with van der Waals surface area (Å²) < 4.78 is 44.9. The van der Waals surface area contributed by atoms with E-state index in [-0.39, 0.29) is 30.7 Å². The van der Waals surface area contributed by atoms with Gasteiger partial charge in [-0.2, -0.15) is 4.31 Å². The highest BCUT2D eigenvalue weighted by atomic mass is 79.9. The second-order valence-electron chi connectivity index (χ2n) is 8.16. The molecule has 0 bridgehead atoms. The van der Waals surface area contributed by atoms with E-state index in [9.17, 15) is 13.2 Å². The molecule has 0 atom stereocenters. The van der Waals surface area contributed by atoms with Crippen molar-refractivity contribution in [3.05, 3.63) is 74.9 Å². The van der Waals surface area contributed by atoms with Gasteiger partial charge in [-0.15, -0.1) is 11.3 Å². The Hall–Kier alpha value is -2.44. The molecule has 3 aromatic rings. The van der Waals surface area contributed by atoms with Crippen LogP contribution in [0, 0.1) is 0 Å². The van der Waals surface area contributed by atoms with Gasteiger partial charge in [0.05, 0.1) is 18.0 Å². The van der Waals surface area contributed by atoms with E-state index in [0.29, 0.717) is 37.6 Å². The van der Waals surface area contributed by atoms with E-state index >= 15 is 0 Å². The molecular weight excluding hydrogens is 568 g/mol. The van der Waals surface area contributed by atoms with Gasteiger partial charge in [0.1, 0.15) is 0 Å². The van der Waals surface area contributed by atoms with Gasteiger partial charge in [0.15, 0.2) is 11.5 Å². The molecule has 1 amide bonds. The van der Waals surface area contributed by atoms with Crippen molar-refractivity contribution >= 4 is 43.2 Å². The number of rotatable bonds is 12. The van der Waals surface area contributed by atoms with Crippen molar-refractivity contribution in [2.75, 3.05) is 33.6 Å². The lowest BCUT2D eigenvalue weighted by atomic mass is 10.2. The average Bonchev–Trinajstić information content (AvgIpc) is 3.55. The molecule has 4 rings (SSSR count). The molecule has 8 nitrogen and oxygen atoms in total. The number of fused-ring (bicyclic) bond motifs is 1. The number of halogens is 1. The summed E-state index contributed by atoms with van der Waals surface area (Å²) in [5.41, 5.74) is 0.867. The second kappa shape index (κ2) is 12.2. The van der Waals surface area contributed by atoms with E-state index in [1.54, 1.807) is 35.5 Å². The van der Waals surface area contributed by atoms with Crippen LogP contribution in [-0.2, 0) is 32.6 Å². The number of ether oxygens (including phenoxy) is 3. The highest BCUT2D eigenvalue weighted by Crippen LogP contribution is 2.33. The van der Waals surface area contributed by atoms with Crippen molar-refractivity contribution in [3.63, 3.8) is 0 Å².